The predicted molar refractivity (Wildman–Crippen MR) is 57.1 cm³/mol. The van der Waals surface area contributed by atoms with Gasteiger partial charge in [-0.3, -0.25) is 0 Å². The number of halogens is 3. The maximum atomic E-state index is 13.2. The van der Waals surface area contributed by atoms with Gasteiger partial charge in [-0.1, -0.05) is 6.92 Å². The third-order valence-corrected chi connectivity index (χ3v) is 2.46. The van der Waals surface area contributed by atoms with Crippen LogP contribution in [0.3, 0.4) is 0 Å². The van der Waals surface area contributed by atoms with Gasteiger partial charge >= 0.3 is 0 Å². The quantitative estimate of drug-likeness (QED) is 0.693. The largest absolute Gasteiger partial charge is 0.396 e. The van der Waals surface area contributed by atoms with E-state index in [0.717, 1.165) is 6.07 Å². The van der Waals surface area contributed by atoms with Gasteiger partial charge in [0.1, 0.15) is 5.82 Å². The van der Waals surface area contributed by atoms with Gasteiger partial charge in [0.2, 0.25) is 0 Å². The maximum Gasteiger partial charge on any atom is 0.182 e. The molecule has 1 aromatic rings. The molecule has 96 valence electrons. The molecule has 1 aromatic carbocycles. The van der Waals surface area contributed by atoms with Gasteiger partial charge in [-0.05, 0) is 0 Å². The van der Waals surface area contributed by atoms with E-state index in [1.165, 1.54) is 0 Å². The van der Waals surface area contributed by atoms with Gasteiger partial charge in [0, 0.05) is 24.1 Å². The summed E-state index contributed by atoms with van der Waals surface area (Å²) in [6.07, 6.45) is 0. The third kappa shape index (κ3) is 3.34. The van der Waals surface area contributed by atoms with Gasteiger partial charge in [-0.2, -0.15) is 0 Å². The molecule has 0 saturated heterocycles. The summed E-state index contributed by atoms with van der Waals surface area (Å²) in [5.74, 6) is -3.38. The molecule has 0 radical (unpaired) electrons. The van der Waals surface area contributed by atoms with Crippen LogP contribution in [0.2, 0.25) is 0 Å². The molecule has 0 aliphatic rings. The summed E-state index contributed by atoms with van der Waals surface area (Å²) < 4.78 is 39.0. The minimum absolute atomic E-state index is 0.0141. The second-order valence-electron chi connectivity index (χ2n) is 4.23. The number of aliphatic hydroxyl groups is 2. The minimum Gasteiger partial charge on any atom is -0.396 e. The predicted octanol–water partition coefficient (Wildman–Crippen LogP) is 1.51. The number of anilines is 1. The topological polar surface area (TPSA) is 52.5 Å². The molecule has 17 heavy (non-hydrogen) atoms. The van der Waals surface area contributed by atoms with Gasteiger partial charge in [0.05, 0.1) is 18.9 Å². The molecule has 0 unspecified atom stereocenters. The Morgan fingerprint density at radius 2 is 1.76 bits per heavy atom. The van der Waals surface area contributed by atoms with Crippen LogP contribution in [0.5, 0.6) is 0 Å². The molecular formula is C11H14F3NO2. The first-order valence-corrected chi connectivity index (χ1v) is 5.02. The average Bonchev–Trinajstić information content (AvgIpc) is 2.31. The highest BCUT2D eigenvalue weighted by Gasteiger charge is 2.23. The lowest BCUT2D eigenvalue weighted by molar-refractivity contribution is 0.0806. The van der Waals surface area contributed by atoms with Crippen molar-refractivity contribution in [3.63, 3.8) is 0 Å². The Labute approximate surface area is 96.9 Å². The van der Waals surface area contributed by atoms with Crippen molar-refractivity contribution in [3.8, 4) is 0 Å². The molecule has 0 saturated carbocycles. The molecule has 0 heterocycles. The zero-order valence-corrected chi connectivity index (χ0v) is 9.30. The number of aliphatic hydroxyl groups excluding tert-OH is 2. The van der Waals surface area contributed by atoms with Crippen molar-refractivity contribution in [1.29, 1.82) is 0 Å². The number of nitrogens with one attached hydrogen (secondary N) is 1. The van der Waals surface area contributed by atoms with E-state index >= 15 is 0 Å². The Kier molecular flexibility index (Phi) is 4.36. The summed E-state index contributed by atoms with van der Waals surface area (Å²) in [6, 6.07) is 1.26. The average molecular weight is 249 g/mol. The Hall–Kier alpha value is -1.27. The molecule has 0 spiro atoms. The van der Waals surface area contributed by atoms with Crippen LogP contribution in [0, 0.1) is 22.9 Å². The standard InChI is InChI=1S/C11H14F3NO2/c1-11(5-16,6-17)4-15-9-3-7(12)2-8(13)10(9)14/h2-3,15-17H,4-6H2,1H3. The smallest absolute Gasteiger partial charge is 0.182 e. The molecule has 6 heteroatoms. The van der Waals surface area contributed by atoms with Gasteiger partial charge in [-0.25, -0.2) is 13.2 Å². The van der Waals surface area contributed by atoms with E-state index in [2.05, 4.69) is 5.32 Å². The van der Waals surface area contributed by atoms with Crippen LogP contribution >= 0.6 is 0 Å². The Morgan fingerprint density at radius 3 is 2.29 bits per heavy atom. The lowest BCUT2D eigenvalue weighted by Gasteiger charge is -2.25. The monoisotopic (exact) mass is 249 g/mol. The highest BCUT2D eigenvalue weighted by Crippen LogP contribution is 2.21. The van der Waals surface area contributed by atoms with E-state index in [4.69, 9.17) is 10.2 Å². The summed E-state index contributed by atoms with van der Waals surface area (Å²) >= 11 is 0. The molecule has 0 atom stereocenters. The molecule has 0 fully saturated rings. The molecule has 0 aromatic heterocycles. The molecule has 0 bridgehead atoms. The summed E-state index contributed by atoms with van der Waals surface area (Å²) in [7, 11) is 0. The number of rotatable bonds is 5. The van der Waals surface area contributed by atoms with Crippen molar-refractivity contribution in [2.45, 2.75) is 6.92 Å². The van der Waals surface area contributed by atoms with Crippen molar-refractivity contribution < 1.29 is 23.4 Å². The summed E-state index contributed by atoms with van der Waals surface area (Å²) in [4.78, 5) is 0. The van der Waals surface area contributed by atoms with Crippen molar-refractivity contribution in [2.75, 3.05) is 25.1 Å². The molecule has 1 rings (SSSR count). The summed E-state index contributed by atoms with van der Waals surface area (Å²) in [5.41, 5.74) is -1.23. The second-order valence-corrected chi connectivity index (χ2v) is 4.23. The van der Waals surface area contributed by atoms with Crippen LogP contribution in [-0.4, -0.2) is 30.0 Å². The van der Waals surface area contributed by atoms with Crippen LogP contribution in [0.15, 0.2) is 12.1 Å². The highest BCUT2D eigenvalue weighted by molar-refractivity contribution is 5.45. The minimum atomic E-state index is -1.29. The first kappa shape index (κ1) is 13.8. The Morgan fingerprint density at radius 1 is 1.18 bits per heavy atom. The Balaban J connectivity index is 2.82. The maximum absolute atomic E-state index is 13.2. The van der Waals surface area contributed by atoms with Crippen molar-refractivity contribution in [3.05, 3.63) is 29.6 Å². The number of hydrogen-bond donors (Lipinski definition) is 3. The fourth-order valence-corrected chi connectivity index (χ4v) is 1.16. The lowest BCUT2D eigenvalue weighted by Crippen LogP contribution is -2.34. The van der Waals surface area contributed by atoms with E-state index in [-0.39, 0.29) is 25.4 Å². The van der Waals surface area contributed by atoms with Crippen LogP contribution in [0.4, 0.5) is 18.9 Å². The summed E-state index contributed by atoms with van der Waals surface area (Å²) in [6.45, 7) is 0.860. The SMILES string of the molecule is CC(CO)(CO)CNc1cc(F)cc(F)c1F. The van der Waals surface area contributed by atoms with Gasteiger partial charge in [0.25, 0.3) is 0 Å². The van der Waals surface area contributed by atoms with Gasteiger partial charge in [0.15, 0.2) is 11.6 Å². The van der Waals surface area contributed by atoms with Crippen molar-refractivity contribution in [1.82, 2.24) is 0 Å². The lowest BCUT2D eigenvalue weighted by atomic mass is 9.93. The molecule has 0 amide bonds. The van der Waals surface area contributed by atoms with Crippen molar-refractivity contribution >= 4 is 5.69 Å². The van der Waals surface area contributed by atoms with E-state index in [0.29, 0.717) is 6.07 Å². The normalized spacial score (nSPS) is 11.6. The van der Waals surface area contributed by atoms with Gasteiger partial charge in [-0.15, -0.1) is 0 Å². The van der Waals surface area contributed by atoms with Crippen LogP contribution in [-0.2, 0) is 0 Å². The fraction of sp³-hybridized carbons (Fsp3) is 0.455. The van der Waals surface area contributed by atoms with E-state index < -0.39 is 22.9 Å². The van der Waals surface area contributed by atoms with Crippen molar-refractivity contribution in [2.24, 2.45) is 5.41 Å². The number of hydrogen-bond acceptors (Lipinski definition) is 3. The molecule has 3 N–H and O–H groups in total. The first-order valence-electron chi connectivity index (χ1n) is 5.02. The molecule has 3 nitrogen and oxygen atoms in total. The molecular weight excluding hydrogens is 235 g/mol. The van der Waals surface area contributed by atoms with E-state index in [1.54, 1.807) is 6.92 Å². The summed E-state index contributed by atoms with van der Waals surface area (Å²) in [5, 5.41) is 20.5. The second kappa shape index (κ2) is 5.37. The van der Waals surface area contributed by atoms with E-state index in [9.17, 15) is 13.2 Å². The molecule has 0 aliphatic heterocycles. The van der Waals surface area contributed by atoms with E-state index in [1.807, 2.05) is 0 Å². The first-order chi connectivity index (χ1) is 7.91. The Bertz CT molecular complexity index is 395. The third-order valence-electron chi connectivity index (χ3n) is 2.46. The van der Waals surface area contributed by atoms with Crippen LogP contribution < -0.4 is 5.32 Å². The van der Waals surface area contributed by atoms with Crippen LogP contribution in [0.1, 0.15) is 6.92 Å². The number of benzene rings is 1. The fourth-order valence-electron chi connectivity index (χ4n) is 1.16. The van der Waals surface area contributed by atoms with Crippen LogP contribution in [0.25, 0.3) is 0 Å². The highest BCUT2D eigenvalue weighted by atomic mass is 19.2. The molecule has 0 aliphatic carbocycles. The zero-order chi connectivity index (χ0) is 13.1. The zero-order valence-electron chi connectivity index (χ0n) is 9.30. The van der Waals surface area contributed by atoms with Gasteiger partial charge < -0.3 is 15.5 Å².